The molecule has 3 aromatic rings. The molecule has 0 aliphatic rings. The smallest absolute Gasteiger partial charge is 0.352 e. The maximum atomic E-state index is 11.5. The Bertz CT molecular complexity index is 933. The molecule has 0 radical (unpaired) electrons. The van der Waals surface area contributed by atoms with Crippen LogP contribution in [-0.4, -0.2) is 30.7 Å². The molecule has 8 heteroatoms. The van der Waals surface area contributed by atoms with E-state index in [2.05, 4.69) is 15.1 Å². The number of hydrogen-bond donors (Lipinski definition) is 3. The highest BCUT2D eigenvalue weighted by molar-refractivity contribution is 5.87. The first-order valence-electron chi connectivity index (χ1n) is 6.06. The Balaban J connectivity index is 2.00. The number of benzene rings is 1. The largest absolute Gasteiger partial charge is 0.478 e. The fourth-order valence-electron chi connectivity index (χ4n) is 2.07. The predicted octanol–water partition coefficient (Wildman–Crippen LogP) is -0.0001000. The van der Waals surface area contributed by atoms with Gasteiger partial charge >= 0.3 is 17.3 Å². The molecular formula is C13H10N4O4. The number of aromatic carboxylic acids is 1. The lowest BCUT2D eigenvalue weighted by Crippen LogP contribution is -2.28. The molecule has 0 bridgehead atoms. The Labute approximate surface area is 116 Å². The summed E-state index contributed by atoms with van der Waals surface area (Å²) in [5.41, 5.74) is 0.823. The summed E-state index contributed by atoms with van der Waals surface area (Å²) in [4.78, 5) is 38.2. The molecule has 3 rings (SSSR count). The van der Waals surface area contributed by atoms with E-state index in [1.807, 2.05) is 0 Å². The van der Waals surface area contributed by atoms with Crippen LogP contribution in [0.1, 0.15) is 21.5 Å². The minimum atomic E-state index is -0.992. The minimum absolute atomic E-state index is 0.198. The van der Waals surface area contributed by atoms with Gasteiger partial charge in [-0.1, -0.05) is 12.1 Å². The van der Waals surface area contributed by atoms with Crippen molar-refractivity contribution in [2.45, 2.75) is 6.42 Å². The number of carboxylic acid groups (broad SMARTS) is 1. The van der Waals surface area contributed by atoms with Crippen molar-refractivity contribution < 1.29 is 9.90 Å². The molecule has 0 saturated carbocycles. The molecule has 2 aromatic heterocycles. The van der Waals surface area contributed by atoms with E-state index in [9.17, 15) is 14.4 Å². The van der Waals surface area contributed by atoms with Crippen molar-refractivity contribution in [2.24, 2.45) is 0 Å². The van der Waals surface area contributed by atoms with E-state index >= 15 is 0 Å². The second kappa shape index (κ2) is 4.75. The van der Waals surface area contributed by atoms with Gasteiger partial charge in [-0.25, -0.2) is 14.4 Å². The van der Waals surface area contributed by atoms with Crippen LogP contribution in [-0.2, 0) is 6.42 Å². The van der Waals surface area contributed by atoms with Gasteiger partial charge in [0, 0.05) is 12.0 Å². The molecule has 0 unspecified atom stereocenters. The molecule has 1 aromatic carbocycles. The monoisotopic (exact) mass is 286 g/mol. The second-order valence-electron chi connectivity index (χ2n) is 4.49. The zero-order valence-electron chi connectivity index (χ0n) is 10.7. The molecule has 0 atom stereocenters. The Hall–Kier alpha value is -3.16. The number of fused-ring (bicyclic) bond motifs is 1. The number of carbonyl (C=O) groups is 1. The summed E-state index contributed by atoms with van der Waals surface area (Å²) in [6, 6.07) is 6.36. The van der Waals surface area contributed by atoms with Gasteiger partial charge in [-0.05, 0) is 17.7 Å². The number of H-pyrrole nitrogens is 2. The third kappa shape index (κ3) is 2.34. The van der Waals surface area contributed by atoms with Gasteiger partial charge in [-0.3, -0.25) is 9.97 Å². The summed E-state index contributed by atoms with van der Waals surface area (Å²) in [7, 11) is 0. The van der Waals surface area contributed by atoms with Crippen LogP contribution in [0.3, 0.4) is 0 Å². The highest BCUT2D eigenvalue weighted by atomic mass is 16.4. The molecule has 8 nitrogen and oxygen atoms in total. The van der Waals surface area contributed by atoms with Crippen molar-refractivity contribution in [3.05, 3.63) is 68.1 Å². The van der Waals surface area contributed by atoms with Gasteiger partial charge in [0.25, 0.3) is 0 Å². The van der Waals surface area contributed by atoms with Gasteiger partial charge in [0.2, 0.25) is 0 Å². The zero-order chi connectivity index (χ0) is 15.0. The van der Waals surface area contributed by atoms with Gasteiger partial charge in [-0.2, -0.15) is 9.61 Å². The SMILES string of the molecule is O=C(O)c1ccc(Cc2cnn3c(=O)[nH]c(=O)[nH]c23)cc1. The van der Waals surface area contributed by atoms with Gasteiger partial charge in [0.1, 0.15) is 5.65 Å². The highest BCUT2D eigenvalue weighted by Gasteiger charge is 2.09. The Morgan fingerprint density at radius 1 is 1.19 bits per heavy atom. The number of aromatic nitrogens is 4. The summed E-state index contributed by atoms with van der Waals surface area (Å²) >= 11 is 0. The van der Waals surface area contributed by atoms with Gasteiger partial charge in [0.05, 0.1) is 11.8 Å². The van der Waals surface area contributed by atoms with Crippen molar-refractivity contribution >= 4 is 11.6 Å². The Kier molecular flexibility index (Phi) is 2.90. The van der Waals surface area contributed by atoms with Crippen LogP contribution >= 0.6 is 0 Å². The molecule has 0 amide bonds. The van der Waals surface area contributed by atoms with E-state index in [0.29, 0.717) is 17.6 Å². The minimum Gasteiger partial charge on any atom is -0.478 e. The van der Waals surface area contributed by atoms with Crippen LogP contribution in [0.5, 0.6) is 0 Å². The summed E-state index contributed by atoms with van der Waals surface area (Å²) < 4.78 is 1.07. The average Bonchev–Trinajstić information content (AvgIpc) is 2.83. The van der Waals surface area contributed by atoms with Crippen molar-refractivity contribution in [2.75, 3.05) is 0 Å². The molecule has 0 spiro atoms. The van der Waals surface area contributed by atoms with Gasteiger partial charge < -0.3 is 5.11 Å². The topological polar surface area (TPSA) is 120 Å². The molecule has 2 heterocycles. The fourth-order valence-corrected chi connectivity index (χ4v) is 2.07. The van der Waals surface area contributed by atoms with E-state index in [0.717, 1.165) is 10.1 Å². The molecular weight excluding hydrogens is 276 g/mol. The molecule has 0 fully saturated rings. The van der Waals surface area contributed by atoms with E-state index in [1.165, 1.54) is 18.3 Å². The highest BCUT2D eigenvalue weighted by Crippen LogP contribution is 2.13. The van der Waals surface area contributed by atoms with Crippen LogP contribution in [0.15, 0.2) is 40.1 Å². The molecule has 0 aliphatic heterocycles. The lowest BCUT2D eigenvalue weighted by atomic mass is 10.1. The number of nitrogens with zero attached hydrogens (tertiary/aromatic N) is 2. The van der Waals surface area contributed by atoms with E-state index in [-0.39, 0.29) is 5.56 Å². The third-order valence-electron chi connectivity index (χ3n) is 3.09. The maximum Gasteiger partial charge on any atom is 0.352 e. The quantitative estimate of drug-likeness (QED) is 0.626. The number of aromatic amines is 2. The first kappa shape index (κ1) is 12.9. The molecule has 0 saturated heterocycles. The van der Waals surface area contributed by atoms with Crippen molar-refractivity contribution in [3.63, 3.8) is 0 Å². The normalized spacial score (nSPS) is 10.9. The standard InChI is InChI=1S/C13H10N4O4/c18-11(19)8-3-1-7(2-4-8)5-9-6-14-17-10(9)15-12(20)16-13(17)21/h1-4,6H,5H2,(H,18,19)(H2,15,16,20,21). The first-order valence-corrected chi connectivity index (χ1v) is 6.06. The zero-order valence-corrected chi connectivity index (χ0v) is 10.7. The van der Waals surface area contributed by atoms with Crippen molar-refractivity contribution in [1.82, 2.24) is 19.6 Å². The number of nitrogens with one attached hydrogen (secondary N) is 2. The molecule has 21 heavy (non-hydrogen) atoms. The number of carboxylic acids is 1. The van der Waals surface area contributed by atoms with E-state index in [1.54, 1.807) is 12.1 Å². The van der Waals surface area contributed by atoms with Crippen LogP contribution in [0, 0.1) is 0 Å². The van der Waals surface area contributed by atoms with Crippen LogP contribution in [0.4, 0.5) is 0 Å². The fraction of sp³-hybridized carbons (Fsp3) is 0.0769. The molecule has 0 aliphatic carbocycles. The number of rotatable bonds is 3. The average molecular weight is 286 g/mol. The molecule has 106 valence electrons. The Morgan fingerprint density at radius 2 is 1.90 bits per heavy atom. The van der Waals surface area contributed by atoms with Crippen molar-refractivity contribution in [3.8, 4) is 0 Å². The lowest BCUT2D eigenvalue weighted by Gasteiger charge is -2.01. The van der Waals surface area contributed by atoms with Gasteiger partial charge in [0.15, 0.2) is 0 Å². The lowest BCUT2D eigenvalue weighted by molar-refractivity contribution is 0.0697. The van der Waals surface area contributed by atoms with Crippen LogP contribution < -0.4 is 11.4 Å². The second-order valence-corrected chi connectivity index (χ2v) is 4.49. The number of hydrogen-bond acceptors (Lipinski definition) is 4. The van der Waals surface area contributed by atoms with Crippen LogP contribution in [0.25, 0.3) is 5.65 Å². The summed E-state index contributed by atoms with van der Waals surface area (Å²) in [6.07, 6.45) is 1.91. The summed E-state index contributed by atoms with van der Waals surface area (Å²) in [5.74, 6) is -0.992. The first-order chi connectivity index (χ1) is 10.0. The molecule has 3 N–H and O–H groups in total. The van der Waals surface area contributed by atoms with Gasteiger partial charge in [-0.15, -0.1) is 0 Å². The third-order valence-corrected chi connectivity index (χ3v) is 3.09. The van der Waals surface area contributed by atoms with E-state index in [4.69, 9.17) is 5.11 Å². The predicted molar refractivity (Wildman–Crippen MR) is 72.6 cm³/mol. The maximum absolute atomic E-state index is 11.5. The Morgan fingerprint density at radius 3 is 2.57 bits per heavy atom. The van der Waals surface area contributed by atoms with E-state index < -0.39 is 17.3 Å². The summed E-state index contributed by atoms with van der Waals surface area (Å²) in [5, 5.41) is 12.8. The van der Waals surface area contributed by atoms with Crippen LogP contribution in [0.2, 0.25) is 0 Å². The van der Waals surface area contributed by atoms with Crippen molar-refractivity contribution in [1.29, 1.82) is 0 Å². The summed E-state index contributed by atoms with van der Waals surface area (Å²) in [6.45, 7) is 0.